The zero-order chi connectivity index (χ0) is 12.4. The Hall–Kier alpha value is -1.10. The summed E-state index contributed by atoms with van der Waals surface area (Å²) in [5.41, 5.74) is 1.14. The molecule has 0 aromatic carbocycles. The zero-order valence-corrected chi connectivity index (χ0v) is 11.6. The molecule has 1 amide bonds. The highest BCUT2D eigenvalue weighted by molar-refractivity contribution is 9.10. The van der Waals surface area contributed by atoms with Crippen LogP contribution in [0.15, 0.2) is 16.7 Å². The monoisotopic (exact) mass is 297 g/mol. The minimum Gasteiger partial charge on any atom is -0.353 e. The van der Waals surface area contributed by atoms with Crippen molar-refractivity contribution in [2.24, 2.45) is 0 Å². The zero-order valence-electron chi connectivity index (χ0n) is 10.0. The number of carbonyl (C=O) groups excluding carboxylic acids is 1. The lowest BCUT2D eigenvalue weighted by Crippen LogP contribution is -2.55. The minimum absolute atomic E-state index is 0.0983. The second-order valence-corrected chi connectivity index (χ2v) is 5.05. The number of nitrogens with one attached hydrogen (secondary N) is 1. The Kier molecular flexibility index (Phi) is 3.66. The third-order valence-corrected chi connectivity index (χ3v) is 3.87. The number of halogens is 1. The SMILES string of the molecule is CCC1C(=O)NCCN1c1cc(C)c(Br)cn1. The van der Waals surface area contributed by atoms with Gasteiger partial charge in [-0.25, -0.2) is 4.98 Å². The summed E-state index contributed by atoms with van der Waals surface area (Å²) in [6, 6.07) is 1.92. The molecule has 1 unspecified atom stereocenters. The second-order valence-electron chi connectivity index (χ2n) is 4.20. The van der Waals surface area contributed by atoms with Crippen LogP contribution in [0.25, 0.3) is 0 Å². The Morgan fingerprint density at radius 1 is 1.65 bits per heavy atom. The normalized spacial score (nSPS) is 20.3. The first kappa shape index (κ1) is 12.4. The number of aromatic nitrogens is 1. The number of carbonyl (C=O) groups is 1. The highest BCUT2D eigenvalue weighted by Crippen LogP contribution is 2.23. The van der Waals surface area contributed by atoms with Crippen molar-refractivity contribution in [1.29, 1.82) is 0 Å². The molecule has 92 valence electrons. The molecule has 1 N–H and O–H groups in total. The fraction of sp³-hybridized carbons (Fsp3) is 0.500. The number of pyridine rings is 1. The molecule has 2 heterocycles. The summed E-state index contributed by atoms with van der Waals surface area (Å²) >= 11 is 3.44. The lowest BCUT2D eigenvalue weighted by Gasteiger charge is -2.35. The minimum atomic E-state index is -0.100. The molecular formula is C12H16BrN3O. The van der Waals surface area contributed by atoms with E-state index in [1.165, 1.54) is 0 Å². The summed E-state index contributed by atoms with van der Waals surface area (Å²) in [5.74, 6) is 0.980. The smallest absolute Gasteiger partial charge is 0.242 e. The number of hydrogen-bond donors (Lipinski definition) is 1. The largest absolute Gasteiger partial charge is 0.353 e. The van der Waals surface area contributed by atoms with Crippen LogP contribution in [0.4, 0.5) is 5.82 Å². The van der Waals surface area contributed by atoms with E-state index in [1.807, 2.05) is 19.9 Å². The van der Waals surface area contributed by atoms with Gasteiger partial charge in [0.1, 0.15) is 11.9 Å². The van der Waals surface area contributed by atoms with E-state index in [0.29, 0.717) is 6.54 Å². The Balaban J connectivity index is 2.30. The summed E-state index contributed by atoms with van der Waals surface area (Å²) in [4.78, 5) is 18.2. The van der Waals surface area contributed by atoms with Crippen LogP contribution in [-0.2, 0) is 4.79 Å². The molecule has 0 aliphatic carbocycles. The molecular weight excluding hydrogens is 282 g/mol. The van der Waals surface area contributed by atoms with Gasteiger partial charge in [0, 0.05) is 23.8 Å². The Morgan fingerprint density at radius 3 is 3.06 bits per heavy atom. The highest BCUT2D eigenvalue weighted by Gasteiger charge is 2.28. The second kappa shape index (κ2) is 5.04. The predicted octanol–water partition coefficient (Wildman–Crippen LogP) is 1.87. The summed E-state index contributed by atoms with van der Waals surface area (Å²) in [6.07, 6.45) is 2.59. The predicted molar refractivity (Wildman–Crippen MR) is 71.1 cm³/mol. The highest BCUT2D eigenvalue weighted by atomic mass is 79.9. The Morgan fingerprint density at radius 2 is 2.41 bits per heavy atom. The van der Waals surface area contributed by atoms with Gasteiger partial charge in [-0.2, -0.15) is 0 Å². The van der Waals surface area contributed by atoms with Gasteiger partial charge in [-0.3, -0.25) is 4.79 Å². The van der Waals surface area contributed by atoms with E-state index < -0.39 is 0 Å². The molecule has 0 saturated carbocycles. The van der Waals surface area contributed by atoms with E-state index in [2.05, 4.69) is 31.1 Å². The van der Waals surface area contributed by atoms with Crippen molar-refractivity contribution in [3.8, 4) is 0 Å². The first-order valence-corrected chi connectivity index (χ1v) is 6.59. The average Bonchev–Trinajstić information content (AvgIpc) is 2.32. The maximum absolute atomic E-state index is 11.8. The fourth-order valence-corrected chi connectivity index (χ4v) is 2.29. The van der Waals surface area contributed by atoms with Crippen molar-refractivity contribution >= 4 is 27.7 Å². The van der Waals surface area contributed by atoms with E-state index in [9.17, 15) is 4.79 Å². The summed E-state index contributed by atoms with van der Waals surface area (Å²) < 4.78 is 0.996. The van der Waals surface area contributed by atoms with E-state index in [1.54, 1.807) is 6.20 Å². The third-order valence-electron chi connectivity index (χ3n) is 3.04. The molecule has 1 saturated heterocycles. The first-order chi connectivity index (χ1) is 8.13. The van der Waals surface area contributed by atoms with Crippen molar-refractivity contribution in [1.82, 2.24) is 10.3 Å². The lowest BCUT2D eigenvalue weighted by molar-refractivity contribution is -0.123. The van der Waals surface area contributed by atoms with E-state index in [0.717, 1.165) is 28.8 Å². The van der Waals surface area contributed by atoms with Crippen molar-refractivity contribution < 1.29 is 4.79 Å². The maximum atomic E-state index is 11.8. The van der Waals surface area contributed by atoms with Crippen LogP contribution in [0.3, 0.4) is 0 Å². The van der Waals surface area contributed by atoms with Crippen LogP contribution in [-0.4, -0.2) is 30.0 Å². The Labute approximate surface area is 110 Å². The molecule has 0 spiro atoms. The fourth-order valence-electron chi connectivity index (χ4n) is 2.08. The number of amides is 1. The van der Waals surface area contributed by atoms with Gasteiger partial charge in [0.15, 0.2) is 0 Å². The molecule has 0 bridgehead atoms. The number of piperazine rings is 1. The number of rotatable bonds is 2. The lowest BCUT2D eigenvalue weighted by atomic mass is 10.1. The van der Waals surface area contributed by atoms with Crippen LogP contribution >= 0.6 is 15.9 Å². The molecule has 1 fully saturated rings. The van der Waals surface area contributed by atoms with Gasteiger partial charge < -0.3 is 10.2 Å². The summed E-state index contributed by atoms with van der Waals surface area (Å²) in [7, 11) is 0. The number of aryl methyl sites for hydroxylation is 1. The van der Waals surface area contributed by atoms with Gasteiger partial charge in [0.25, 0.3) is 0 Å². The molecule has 5 heteroatoms. The van der Waals surface area contributed by atoms with Gasteiger partial charge in [0.05, 0.1) is 0 Å². The quantitative estimate of drug-likeness (QED) is 0.906. The molecule has 0 radical (unpaired) electrons. The summed E-state index contributed by atoms with van der Waals surface area (Å²) in [6.45, 7) is 5.55. The van der Waals surface area contributed by atoms with E-state index in [4.69, 9.17) is 0 Å². The molecule has 17 heavy (non-hydrogen) atoms. The van der Waals surface area contributed by atoms with E-state index >= 15 is 0 Å². The average molecular weight is 298 g/mol. The van der Waals surface area contributed by atoms with Gasteiger partial charge in [-0.15, -0.1) is 0 Å². The van der Waals surface area contributed by atoms with Crippen molar-refractivity contribution in [2.75, 3.05) is 18.0 Å². The molecule has 2 rings (SSSR count). The molecule has 1 aliphatic heterocycles. The van der Waals surface area contributed by atoms with Gasteiger partial charge >= 0.3 is 0 Å². The van der Waals surface area contributed by atoms with E-state index in [-0.39, 0.29) is 11.9 Å². The van der Waals surface area contributed by atoms with Crippen LogP contribution in [0.2, 0.25) is 0 Å². The summed E-state index contributed by atoms with van der Waals surface area (Å²) in [5, 5.41) is 2.89. The van der Waals surface area contributed by atoms with Gasteiger partial charge in [0.2, 0.25) is 5.91 Å². The molecule has 1 aromatic heterocycles. The van der Waals surface area contributed by atoms with Crippen LogP contribution < -0.4 is 10.2 Å². The number of hydrogen-bond acceptors (Lipinski definition) is 3. The maximum Gasteiger partial charge on any atom is 0.242 e. The third kappa shape index (κ3) is 2.44. The first-order valence-electron chi connectivity index (χ1n) is 5.80. The van der Waals surface area contributed by atoms with Crippen LogP contribution in [0.5, 0.6) is 0 Å². The topological polar surface area (TPSA) is 45.2 Å². The molecule has 1 aliphatic rings. The molecule has 4 nitrogen and oxygen atoms in total. The van der Waals surface area contributed by atoms with Crippen molar-refractivity contribution in [2.45, 2.75) is 26.3 Å². The van der Waals surface area contributed by atoms with Crippen LogP contribution in [0, 0.1) is 6.92 Å². The standard InChI is InChI=1S/C12H16BrN3O/c1-3-10-12(17)14-4-5-16(10)11-6-8(2)9(13)7-15-11/h6-7,10H,3-5H2,1-2H3,(H,14,17). The van der Waals surface area contributed by atoms with Gasteiger partial charge in [-0.05, 0) is 40.9 Å². The number of nitrogens with zero attached hydrogens (tertiary/aromatic N) is 2. The van der Waals surface area contributed by atoms with Crippen molar-refractivity contribution in [3.63, 3.8) is 0 Å². The Bertz CT molecular complexity index is 436. The molecule has 1 atom stereocenters. The van der Waals surface area contributed by atoms with Gasteiger partial charge in [-0.1, -0.05) is 6.92 Å². The number of anilines is 1. The van der Waals surface area contributed by atoms with Crippen LogP contribution in [0.1, 0.15) is 18.9 Å². The van der Waals surface area contributed by atoms with Crippen molar-refractivity contribution in [3.05, 3.63) is 22.3 Å². The molecule has 1 aromatic rings.